The zero-order chi connectivity index (χ0) is 11.0. The van der Waals surface area contributed by atoms with Gasteiger partial charge in [0.15, 0.2) is 0 Å². The minimum Gasteiger partial charge on any atom is -0.480 e. The van der Waals surface area contributed by atoms with E-state index in [9.17, 15) is 14.4 Å². The zero-order valence-electron chi connectivity index (χ0n) is 7.29. The second-order valence-corrected chi connectivity index (χ2v) is 2.26. The molecule has 0 aliphatic heterocycles. The molecule has 0 heterocycles. The molecule has 5 N–H and O–H groups in total. The molecule has 0 aromatic rings. The number of hydrogen-bond donors (Lipinski definition) is 4. The molecule has 0 rings (SSSR count). The average Bonchev–Trinajstić information content (AvgIpc) is 2.08. The van der Waals surface area contributed by atoms with Gasteiger partial charge in [-0.3, -0.25) is 4.79 Å². The maximum Gasteiger partial charge on any atom is 0.333 e. The van der Waals surface area contributed by atoms with Crippen LogP contribution >= 0.6 is 0 Å². The summed E-state index contributed by atoms with van der Waals surface area (Å²) in [5.41, 5.74) is 6.44. The van der Waals surface area contributed by atoms with Crippen LogP contribution in [0.5, 0.6) is 0 Å². The number of carboxylic acid groups (broad SMARTS) is 1. The Morgan fingerprint density at radius 3 is 2.14 bits per heavy atom. The third kappa shape index (κ3) is 8.11. The number of carbonyl (C=O) groups is 3. The second-order valence-electron chi connectivity index (χ2n) is 2.26. The number of carbonyl (C=O) groups excluding carboxylic acids is 2. The highest BCUT2D eigenvalue weighted by atomic mass is 16.4. The number of urea groups is 2. The lowest BCUT2D eigenvalue weighted by Crippen LogP contribution is -2.41. The van der Waals surface area contributed by atoms with Crippen LogP contribution in [-0.2, 0) is 4.79 Å². The highest BCUT2D eigenvalue weighted by molar-refractivity contribution is 5.79. The molecule has 79 valence electrons. The summed E-state index contributed by atoms with van der Waals surface area (Å²) in [4.78, 5) is 30.8. The first-order valence-electron chi connectivity index (χ1n) is 3.75. The number of hydrogen-bond acceptors (Lipinski definition) is 3. The monoisotopic (exact) mass is 203 g/mol. The van der Waals surface area contributed by atoms with E-state index in [0.717, 1.165) is 0 Å². The summed E-state index contributed by atoms with van der Waals surface area (Å²) in [6.07, 6.45) is 0. The first-order valence-corrected chi connectivity index (χ1v) is 3.75. The van der Waals surface area contributed by atoms with Crippen LogP contribution < -0.4 is 21.7 Å². The predicted molar refractivity (Wildman–Crippen MR) is 45.5 cm³/mol. The normalized spacial score (nSPS) is 8.86. The largest absolute Gasteiger partial charge is 0.480 e. The van der Waals surface area contributed by atoms with Crippen molar-refractivity contribution in [1.29, 1.82) is 0 Å². The van der Waals surface area contributed by atoms with Crippen LogP contribution in [0.2, 0.25) is 0 Å². The lowest BCUT2D eigenvalue weighted by Gasteiger charge is -2.05. The van der Waals surface area contributed by atoms with Gasteiger partial charge >= 0.3 is 18.0 Å². The predicted octanol–water partition coefficient (Wildman–Crippen LogP) is -1.64. The van der Waals surface area contributed by atoms with Crippen molar-refractivity contribution in [3.63, 3.8) is 0 Å². The summed E-state index contributed by atoms with van der Waals surface area (Å²) in [7, 11) is 0. The summed E-state index contributed by atoms with van der Waals surface area (Å²) in [6, 6.07) is -1.57. The van der Waals surface area contributed by atoms with Gasteiger partial charge in [0.2, 0.25) is 0 Å². The molecule has 4 amide bonds. The summed E-state index contributed by atoms with van der Waals surface area (Å²) in [5, 5.41) is 14.7. The first kappa shape index (κ1) is 12.0. The lowest BCUT2D eigenvalue weighted by molar-refractivity contribution is -0.135. The number of aliphatic carboxylic acids is 1. The van der Waals surface area contributed by atoms with Gasteiger partial charge in [-0.2, -0.15) is 0 Å². The second kappa shape index (κ2) is 6.52. The number of amides is 4. The van der Waals surface area contributed by atoms with E-state index >= 15 is 0 Å². The van der Waals surface area contributed by atoms with E-state index < -0.39 is 24.6 Å². The molecule has 0 saturated carbocycles. The fraction of sp³-hybridized carbons (Fsp3) is 0.500. The van der Waals surface area contributed by atoms with Crippen molar-refractivity contribution in [3.8, 4) is 0 Å². The molecule has 0 spiro atoms. The van der Waals surface area contributed by atoms with Crippen LogP contribution in [0.4, 0.5) is 9.59 Å². The van der Waals surface area contributed by atoms with Crippen molar-refractivity contribution < 1.29 is 19.5 Å². The van der Waals surface area contributed by atoms with Crippen LogP contribution in [0.15, 0.2) is 0 Å². The summed E-state index contributed by atoms with van der Waals surface area (Å²) in [6.45, 7) is -0.199. The van der Waals surface area contributed by atoms with Crippen LogP contribution in [-0.4, -0.2) is 42.8 Å². The number of rotatable bonds is 5. The highest BCUT2D eigenvalue weighted by Crippen LogP contribution is 1.66. The molecule has 14 heavy (non-hydrogen) atoms. The molecule has 0 aromatic heterocycles. The molecule has 1 radical (unpaired) electrons. The Balaban J connectivity index is 3.36. The van der Waals surface area contributed by atoms with Crippen LogP contribution in [0, 0.1) is 0 Å². The molecule has 0 aliphatic carbocycles. The van der Waals surface area contributed by atoms with Gasteiger partial charge < -0.3 is 21.1 Å². The van der Waals surface area contributed by atoms with Gasteiger partial charge in [-0.25, -0.2) is 15.3 Å². The van der Waals surface area contributed by atoms with E-state index in [1.54, 1.807) is 0 Å². The quantitative estimate of drug-likeness (QED) is 0.399. The van der Waals surface area contributed by atoms with Crippen molar-refractivity contribution in [1.82, 2.24) is 21.7 Å². The van der Waals surface area contributed by atoms with E-state index in [-0.39, 0.29) is 13.1 Å². The fourth-order valence-corrected chi connectivity index (χ4v) is 0.570. The van der Waals surface area contributed by atoms with Gasteiger partial charge in [-0.15, -0.1) is 0 Å². The Hall–Kier alpha value is -1.99. The molecule has 0 atom stereocenters. The van der Waals surface area contributed by atoms with Gasteiger partial charge in [0.1, 0.15) is 6.54 Å². The van der Waals surface area contributed by atoms with Crippen molar-refractivity contribution in [2.75, 3.05) is 19.6 Å². The van der Waals surface area contributed by atoms with E-state index in [1.807, 2.05) is 0 Å². The summed E-state index contributed by atoms with van der Waals surface area (Å²) >= 11 is 0. The lowest BCUT2D eigenvalue weighted by atomic mass is 10.6. The third-order valence-electron chi connectivity index (χ3n) is 1.10. The zero-order valence-corrected chi connectivity index (χ0v) is 7.29. The minimum atomic E-state index is -1.14. The molecule has 0 fully saturated rings. The van der Waals surface area contributed by atoms with Gasteiger partial charge in [0.05, 0.1) is 0 Å². The van der Waals surface area contributed by atoms with Gasteiger partial charge in [0, 0.05) is 13.1 Å². The van der Waals surface area contributed by atoms with Crippen LogP contribution in [0.3, 0.4) is 0 Å². The number of nitrogens with one attached hydrogen (secondary N) is 4. The molecule has 0 bridgehead atoms. The van der Waals surface area contributed by atoms with Crippen molar-refractivity contribution in [2.24, 2.45) is 0 Å². The average molecular weight is 203 g/mol. The smallest absolute Gasteiger partial charge is 0.333 e. The summed E-state index contributed by atoms with van der Waals surface area (Å²) in [5.74, 6) is -1.14. The van der Waals surface area contributed by atoms with Crippen LogP contribution in [0.1, 0.15) is 0 Å². The van der Waals surface area contributed by atoms with Gasteiger partial charge in [-0.1, -0.05) is 0 Å². The maximum absolute atomic E-state index is 10.7. The van der Waals surface area contributed by atoms with E-state index in [4.69, 9.17) is 10.8 Å². The Morgan fingerprint density at radius 1 is 1.07 bits per heavy atom. The Morgan fingerprint density at radius 2 is 1.64 bits per heavy atom. The van der Waals surface area contributed by atoms with Crippen molar-refractivity contribution in [3.05, 3.63) is 0 Å². The minimum absolute atomic E-state index is 0.128. The van der Waals surface area contributed by atoms with E-state index in [2.05, 4.69) is 16.0 Å². The van der Waals surface area contributed by atoms with E-state index in [1.165, 1.54) is 0 Å². The molecular formula is C6H11N4O4. The third-order valence-corrected chi connectivity index (χ3v) is 1.10. The molecule has 0 saturated heterocycles. The fourth-order valence-electron chi connectivity index (χ4n) is 0.570. The molecule has 8 heteroatoms. The Kier molecular flexibility index (Phi) is 5.59. The van der Waals surface area contributed by atoms with E-state index in [0.29, 0.717) is 0 Å². The first-order chi connectivity index (χ1) is 6.52. The standard InChI is InChI=1S/C6H11N4O4/c7-5(13)8-1-2-9-6(14)10-3-4(11)12/h7H,1-3H2,(H,8,13)(H,11,12)(H2,9,10,14). The van der Waals surface area contributed by atoms with Gasteiger partial charge in [0.25, 0.3) is 0 Å². The molecule has 8 nitrogen and oxygen atoms in total. The molecule has 0 aliphatic rings. The Labute approximate surface area is 79.8 Å². The maximum atomic E-state index is 10.7. The highest BCUT2D eigenvalue weighted by Gasteiger charge is 2.01. The topological polar surface area (TPSA) is 131 Å². The SMILES string of the molecule is [NH]C(=O)NCCNC(=O)NCC(=O)O. The number of carboxylic acids is 1. The van der Waals surface area contributed by atoms with Gasteiger partial charge in [-0.05, 0) is 0 Å². The van der Waals surface area contributed by atoms with Crippen molar-refractivity contribution >= 4 is 18.0 Å². The molecular weight excluding hydrogens is 192 g/mol. The van der Waals surface area contributed by atoms with Crippen LogP contribution in [0.25, 0.3) is 0 Å². The molecule has 0 unspecified atom stereocenters. The molecule has 0 aromatic carbocycles. The van der Waals surface area contributed by atoms with Crippen molar-refractivity contribution in [2.45, 2.75) is 0 Å². The summed E-state index contributed by atoms with van der Waals surface area (Å²) < 4.78 is 0. The Bertz CT molecular complexity index is 230.